The van der Waals surface area contributed by atoms with Gasteiger partial charge in [-0.3, -0.25) is 0 Å². The summed E-state index contributed by atoms with van der Waals surface area (Å²) in [6.07, 6.45) is 7.94. The molecule has 0 atom stereocenters. The van der Waals surface area contributed by atoms with Crippen LogP contribution in [0.3, 0.4) is 0 Å². The summed E-state index contributed by atoms with van der Waals surface area (Å²) in [4.78, 5) is 8.88. The van der Waals surface area contributed by atoms with Crippen molar-refractivity contribution >= 4 is 17.4 Å². The molecule has 5 heteroatoms. The van der Waals surface area contributed by atoms with Crippen molar-refractivity contribution in [3.8, 4) is 0 Å². The lowest BCUT2D eigenvalue weighted by atomic mass is 10.3. The summed E-state index contributed by atoms with van der Waals surface area (Å²) in [5.41, 5.74) is 3.31. The van der Waals surface area contributed by atoms with Gasteiger partial charge in [-0.1, -0.05) is 17.8 Å². The molecule has 0 aromatic carbocycles. The third kappa shape index (κ3) is 2.13. The van der Waals surface area contributed by atoms with Crippen LogP contribution in [-0.2, 0) is 12.8 Å². The van der Waals surface area contributed by atoms with Gasteiger partial charge in [0.05, 0.1) is 5.69 Å². The van der Waals surface area contributed by atoms with Crippen LogP contribution in [0.1, 0.15) is 11.3 Å². The fraction of sp³-hybridized carbons (Fsp3) is 0.231. The molecule has 0 aliphatic rings. The second-order valence-corrected chi connectivity index (χ2v) is 5.26. The van der Waals surface area contributed by atoms with Gasteiger partial charge in [0.1, 0.15) is 5.65 Å². The van der Waals surface area contributed by atoms with Crippen molar-refractivity contribution in [2.45, 2.75) is 17.8 Å². The van der Waals surface area contributed by atoms with E-state index in [4.69, 9.17) is 0 Å². The molecule has 92 valence electrons. The highest BCUT2D eigenvalue weighted by Crippen LogP contribution is 2.20. The number of pyridine rings is 1. The van der Waals surface area contributed by atoms with Crippen molar-refractivity contribution in [1.29, 1.82) is 0 Å². The van der Waals surface area contributed by atoms with E-state index >= 15 is 0 Å². The topological polar surface area (TPSA) is 35.1 Å². The average Bonchev–Trinajstić information content (AvgIpc) is 2.92. The molecule has 3 rings (SSSR count). The van der Waals surface area contributed by atoms with Crippen LogP contribution in [0.15, 0.2) is 42.1 Å². The van der Waals surface area contributed by atoms with Gasteiger partial charge in [-0.25, -0.2) is 9.97 Å². The Morgan fingerprint density at radius 2 is 2.17 bits per heavy atom. The minimum absolute atomic E-state index is 0.839. The second-order valence-electron chi connectivity index (χ2n) is 4.31. The zero-order valence-electron chi connectivity index (χ0n) is 10.4. The van der Waals surface area contributed by atoms with Crippen LogP contribution in [-0.4, -0.2) is 18.9 Å². The average molecular weight is 258 g/mol. The highest BCUT2D eigenvalue weighted by molar-refractivity contribution is 7.98. The van der Waals surface area contributed by atoms with Crippen molar-refractivity contribution in [1.82, 2.24) is 18.9 Å². The van der Waals surface area contributed by atoms with Gasteiger partial charge in [0.2, 0.25) is 0 Å². The third-order valence-corrected chi connectivity index (χ3v) is 3.87. The Hall–Kier alpha value is -1.75. The van der Waals surface area contributed by atoms with Crippen LogP contribution in [0.5, 0.6) is 0 Å². The number of aryl methyl sites for hydroxylation is 2. The van der Waals surface area contributed by atoms with E-state index in [1.54, 1.807) is 11.8 Å². The Labute approximate surface area is 110 Å². The first kappa shape index (κ1) is 11.3. The van der Waals surface area contributed by atoms with Crippen molar-refractivity contribution in [2.24, 2.45) is 7.05 Å². The van der Waals surface area contributed by atoms with E-state index < -0.39 is 0 Å². The predicted molar refractivity (Wildman–Crippen MR) is 72.7 cm³/mol. The van der Waals surface area contributed by atoms with Gasteiger partial charge in [0.25, 0.3) is 0 Å². The fourth-order valence-corrected chi connectivity index (χ4v) is 2.67. The van der Waals surface area contributed by atoms with Gasteiger partial charge < -0.3 is 8.97 Å². The maximum absolute atomic E-state index is 4.59. The molecule has 0 unspecified atom stereocenters. The molecule has 0 amide bonds. The minimum atomic E-state index is 0.839. The van der Waals surface area contributed by atoms with Gasteiger partial charge in [-0.15, -0.1) is 0 Å². The monoisotopic (exact) mass is 258 g/mol. The third-order valence-electron chi connectivity index (χ3n) is 2.77. The Morgan fingerprint density at radius 1 is 1.28 bits per heavy atom. The van der Waals surface area contributed by atoms with E-state index in [0.717, 1.165) is 22.3 Å². The molecule has 0 bridgehead atoms. The molecule has 0 radical (unpaired) electrons. The summed E-state index contributed by atoms with van der Waals surface area (Å²) in [5.74, 6) is 0.839. The number of nitrogens with zero attached hydrogens (tertiary/aromatic N) is 4. The first-order valence-electron chi connectivity index (χ1n) is 5.77. The number of aromatic nitrogens is 4. The summed E-state index contributed by atoms with van der Waals surface area (Å²) in [5, 5.41) is 1.02. The Bertz CT molecular complexity index is 683. The van der Waals surface area contributed by atoms with E-state index in [-0.39, 0.29) is 0 Å². The molecular weight excluding hydrogens is 244 g/mol. The van der Waals surface area contributed by atoms with Gasteiger partial charge in [-0.2, -0.15) is 0 Å². The molecule has 0 saturated carbocycles. The molecule has 0 spiro atoms. The highest BCUT2D eigenvalue weighted by atomic mass is 32.2. The van der Waals surface area contributed by atoms with E-state index in [2.05, 4.69) is 39.8 Å². The van der Waals surface area contributed by atoms with Crippen LogP contribution in [0.25, 0.3) is 5.65 Å². The molecule has 18 heavy (non-hydrogen) atoms. The summed E-state index contributed by atoms with van der Waals surface area (Å²) in [6.45, 7) is 2.09. The summed E-state index contributed by atoms with van der Waals surface area (Å²) in [6, 6.07) is 4.13. The van der Waals surface area contributed by atoms with Gasteiger partial charge in [0, 0.05) is 37.6 Å². The lowest BCUT2D eigenvalue weighted by Gasteiger charge is -1.98. The molecule has 4 nitrogen and oxygen atoms in total. The van der Waals surface area contributed by atoms with E-state index in [0.29, 0.717) is 0 Å². The Balaban J connectivity index is 1.81. The second kappa shape index (κ2) is 4.49. The van der Waals surface area contributed by atoms with Crippen LogP contribution < -0.4 is 0 Å². The van der Waals surface area contributed by atoms with Crippen LogP contribution in [0, 0.1) is 6.92 Å². The molecule has 3 aromatic heterocycles. The van der Waals surface area contributed by atoms with Gasteiger partial charge in [0.15, 0.2) is 5.16 Å². The first-order chi connectivity index (χ1) is 8.72. The zero-order valence-corrected chi connectivity index (χ0v) is 11.2. The summed E-state index contributed by atoms with van der Waals surface area (Å²) in [7, 11) is 2.00. The van der Waals surface area contributed by atoms with Gasteiger partial charge >= 0.3 is 0 Å². The lowest BCUT2D eigenvalue weighted by molar-refractivity contribution is 0.789. The minimum Gasteiger partial charge on any atom is -0.329 e. The summed E-state index contributed by atoms with van der Waals surface area (Å²) >= 11 is 1.70. The number of thioether (sulfide) groups is 1. The Morgan fingerprint density at radius 3 is 2.94 bits per heavy atom. The van der Waals surface area contributed by atoms with Crippen molar-refractivity contribution in [3.05, 3.63) is 48.2 Å². The largest absolute Gasteiger partial charge is 0.329 e. The molecule has 0 aliphatic carbocycles. The smallest absolute Gasteiger partial charge is 0.168 e. The SMILES string of the molecule is Cc1ccc2nc(CSc3nccn3C)cn2c1. The van der Waals surface area contributed by atoms with Crippen molar-refractivity contribution < 1.29 is 0 Å². The quantitative estimate of drug-likeness (QED) is 0.677. The number of imidazole rings is 2. The predicted octanol–water partition coefficient (Wildman–Crippen LogP) is 2.67. The Kier molecular flexibility index (Phi) is 2.83. The molecular formula is C13H14N4S. The highest BCUT2D eigenvalue weighted by Gasteiger charge is 2.05. The molecule has 0 fully saturated rings. The molecule has 3 aromatic rings. The first-order valence-corrected chi connectivity index (χ1v) is 6.75. The lowest BCUT2D eigenvalue weighted by Crippen LogP contribution is -1.89. The standard InChI is InChI=1S/C13H14N4S/c1-10-3-4-12-15-11(8-17(12)7-10)9-18-13-14-5-6-16(13)2/h3-8H,9H2,1-2H3. The molecule has 0 saturated heterocycles. The van der Waals surface area contributed by atoms with Crippen LogP contribution in [0.2, 0.25) is 0 Å². The summed E-state index contributed by atoms with van der Waals surface area (Å²) < 4.78 is 4.09. The normalized spacial score (nSPS) is 11.2. The van der Waals surface area contributed by atoms with Crippen LogP contribution in [0.4, 0.5) is 0 Å². The van der Waals surface area contributed by atoms with Gasteiger partial charge in [-0.05, 0) is 18.6 Å². The maximum atomic E-state index is 4.59. The molecule has 0 aliphatic heterocycles. The molecule has 3 heterocycles. The maximum Gasteiger partial charge on any atom is 0.168 e. The van der Waals surface area contributed by atoms with E-state index in [1.165, 1.54) is 5.56 Å². The van der Waals surface area contributed by atoms with Crippen molar-refractivity contribution in [3.63, 3.8) is 0 Å². The number of rotatable bonds is 3. The zero-order chi connectivity index (χ0) is 12.5. The van der Waals surface area contributed by atoms with Crippen LogP contribution >= 0.6 is 11.8 Å². The number of hydrogen-bond acceptors (Lipinski definition) is 3. The van der Waals surface area contributed by atoms with E-state index in [1.807, 2.05) is 30.1 Å². The molecule has 0 N–H and O–H groups in total. The number of fused-ring (bicyclic) bond motifs is 1. The number of hydrogen-bond donors (Lipinski definition) is 0. The van der Waals surface area contributed by atoms with E-state index in [9.17, 15) is 0 Å². The van der Waals surface area contributed by atoms with Crippen molar-refractivity contribution in [2.75, 3.05) is 0 Å². The fourth-order valence-electron chi connectivity index (χ4n) is 1.85.